The number of rotatable bonds is 11. The number of hydrogen-bond acceptors (Lipinski definition) is 10. The quantitative estimate of drug-likeness (QED) is 0.177. The molecule has 1 aliphatic rings. The number of aliphatic carboxylic acids is 3. The second-order valence-electron chi connectivity index (χ2n) is 10.1. The summed E-state index contributed by atoms with van der Waals surface area (Å²) in [5.74, 6) is -3.66. The van der Waals surface area contributed by atoms with Gasteiger partial charge in [-0.2, -0.15) is 4.73 Å². The molecule has 0 spiro atoms. The van der Waals surface area contributed by atoms with Gasteiger partial charge in [0, 0.05) is 64.5 Å². The lowest BCUT2D eigenvalue weighted by molar-refractivity contribution is -0.615. The number of esters is 1. The van der Waals surface area contributed by atoms with Gasteiger partial charge in [0.25, 0.3) is 0 Å². The lowest BCUT2D eigenvalue weighted by Crippen LogP contribution is -2.49. The number of carboxylic acids is 3. The normalized spacial score (nSPS) is 16.7. The molecule has 14 heteroatoms. The number of pyridine rings is 1. The molecule has 0 amide bonds. The Morgan fingerprint density at radius 1 is 0.714 bits per heavy atom. The Morgan fingerprint density at radius 2 is 1.17 bits per heavy atom. The van der Waals surface area contributed by atoms with E-state index >= 15 is 0 Å². The lowest BCUT2D eigenvalue weighted by Gasteiger charge is -2.32. The van der Waals surface area contributed by atoms with E-state index in [0.29, 0.717) is 30.9 Å². The summed E-state index contributed by atoms with van der Waals surface area (Å²) in [6, 6.07) is 12.0. The standard InChI is InChI=1S/C28H37N5O9/c34-25(35)18-30-10-8-29(9-11-31(19-26(36)37)13-15-32(14-12-30)20-27(38)39)17-24-16-23(6-7-33(24)41)28(40)42-21-22-4-2-1-3-5-22/h1-7,16H,8-15,17-21H2,(H,34,35)(H,36,37)(H,38,39). The van der Waals surface area contributed by atoms with E-state index in [1.807, 2.05) is 35.2 Å². The van der Waals surface area contributed by atoms with Crippen molar-refractivity contribution in [3.63, 3.8) is 0 Å². The zero-order valence-corrected chi connectivity index (χ0v) is 23.3. The Balaban J connectivity index is 1.76. The number of hydrogen-bond donors (Lipinski definition) is 3. The summed E-state index contributed by atoms with van der Waals surface area (Å²) in [6.07, 6.45) is 1.23. The van der Waals surface area contributed by atoms with Gasteiger partial charge in [-0.1, -0.05) is 30.3 Å². The van der Waals surface area contributed by atoms with E-state index in [4.69, 9.17) is 4.74 Å². The van der Waals surface area contributed by atoms with Crippen molar-refractivity contribution in [3.05, 3.63) is 70.7 Å². The largest absolute Gasteiger partial charge is 0.618 e. The monoisotopic (exact) mass is 587 g/mol. The third kappa shape index (κ3) is 11.4. The number of ether oxygens (including phenoxy) is 1. The summed E-state index contributed by atoms with van der Waals surface area (Å²) < 4.78 is 6.05. The highest BCUT2D eigenvalue weighted by Crippen LogP contribution is 2.10. The minimum Gasteiger partial charge on any atom is -0.618 e. The van der Waals surface area contributed by atoms with Crippen LogP contribution in [0.1, 0.15) is 21.6 Å². The summed E-state index contributed by atoms with van der Waals surface area (Å²) in [6.45, 7) is 1.91. The van der Waals surface area contributed by atoms with Gasteiger partial charge in [-0.25, -0.2) is 4.79 Å². The minimum absolute atomic E-state index is 0.0795. The van der Waals surface area contributed by atoms with Crippen molar-refractivity contribution < 1.29 is 44.0 Å². The maximum absolute atomic E-state index is 12.7. The van der Waals surface area contributed by atoms with Crippen LogP contribution in [0.3, 0.4) is 0 Å². The van der Waals surface area contributed by atoms with E-state index in [-0.39, 0.29) is 70.2 Å². The molecule has 0 bridgehead atoms. The number of carbonyl (C=O) groups is 4. The fraction of sp³-hybridized carbons (Fsp3) is 0.464. The number of aromatic nitrogens is 1. The molecule has 1 aromatic heterocycles. The zero-order chi connectivity index (χ0) is 30.5. The van der Waals surface area contributed by atoms with Crippen LogP contribution in [-0.2, 0) is 32.3 Å². The smallest absolute Gasteiger partial charge is 0.338 e. The Bertz CT molecular complexity index is 1180. The molecule has 1 aromatic carbocycles. The Hall–Kier alpha value is -4.11. The summed E-state index contributed by atoms with van der Waals surface area (Å²) in [7, 11) is 0. The molecule has 14 nitrogen and oxygen atoms in total. The van der Waals surface area contributed by atoms with Gasteiger partial charge < -0.3 is 25.3 Å². The Morgan fingerprint density at radius 3 is 1.62 bits per heavy atom. The van der Waals surface area contributed by atoms with Crippen molar-refractivity contribution in [2.75, 3.05) is 72.0 Å². The molecule has 42 heavy (non-hydrogen) atoms. The Labute approximate surface area is 243 Å². The molecular formula is C28H37N5O9. The molecular weight excluding hydrogens is 550 g/mol. The first-order valence-electron chi connectivity index (χ1n) is 13.6. The van der Waals surface area contributed by atoms with Crippen LogP contribution in [0.5, 0.6) is 0 Å². The van der Waals surface area contributed by atoms with Crippen molar-refractivity contribution in [2.24, 2.45) is 0 Å². The molecule has 1 aliphatic heterocycles. The summed E-state index contributed by atoms with van der Waals surface area (Å²) in [5, 5.41) is 40.8. The van der Waals surface area contributed by atoms with Gasteiger partial charge >= 0.3 is 23.9 Å². The van der Waals surface area contributed by atoms with Crippen LogP contribution in [-0.4, -0.2) is 131 Å². The van der Waals surface area contributed by atoms with E-state index < -0.39 is 23.9 Å². The SMILES string of the molecule is O=C(O)CN1CCN(CC(=O)O)CCN(Cc2cc(C(=O)OCc3ccccc3)cc[n+]2[O-])CCN(CC(=O)O)CC1. The summed E-state index contributed by atoms with van der Waals surface area (Å²) >= 11 is 0. The van der Waals surface area contributed by atoms with E-state index in [2.05, 4.69) is 0 Å². The predicted molar refractivity (Wildman–Crippen MR) is 148 cm³/mol. The highest BCUT2D eigenvalue weighted by Gasteiger charge is 2.22. The number of benzene rings is 1. The maximum atomic E-state index is 12.7. The van der Waals surface area contributed by atoms with E-state index in [1.54, 1.807) is 14.7 Å². The van der Waals surface area contributed by atoms with E-state index in [9.17, 15) is 39.7 Å². The lowest BCUT2D eigenvalue weighted by atomic mass is 10.2. The first-order chi connectivity index (χ1) is 20.1. The van der Waals surface area contributed by atoms with Crippen molar-refractivity contribution in [1.29, 1.82) is 0 Å². The molecule has 2 aromatic rings. The molecule has 3 rings (SSSR count). The second-order valence-corrected chi connectivity index (χ2v) is 10.1. The molecule has 2 heterocycles. The summed E-state index contributed by atoms with van der Waals surface area (Å²) in [5.41, 5.74) is 1.31. The van der Waals surface area contributed by atoms with Crippen molar-refractivity contribution >= 4 is 23.9 Å². The second kappa shape index (κ2) is 16.4. The first-order valence-corrected chi connectivity index (χ1v) is 13.6. The van der Waals surface area contributed by atoms with Crippen LogP contribution < -0.4 is 4.73 Å². The van der Waals surface area contributed by atoms with Gasteiger partial charge in [-0.3, -0.25) is 34.0 Å². The molecule has 1 saturated heterocycles. The van der Waals surface area contributed by atoms with E-state index in [1.165, 1.54) is 18.3 Å². The third-order valence-electron chi connectivity index (χ3n) is 6.84. The number of carbonyl (C=O) groups excluding carboxylic acids is 1. The molecule has 0 saturated carbocycles. The van der Waals surface area contributed by atoms with Gasteiger partial charge in [-0.05, 0) is 5.56 Å². The van der Waals surface area contributed by atoms with E-state index in [0.717, 1.165) is 5.56 Å². The molecule has 1 fully saturated rings. The van der Waals surface area contributed by atoms with Crippen LogP contribution >= 0.6 is 0 Å². The minimum atomic E-state index is -1.03. The van der Waals surface area contributed by atoms with Crippen molar-refractivity contribution in [2.45, 2.75) is 13.2 Å². The first kappa shape index (κ1) is 32.4. The topological polar surface area (TPSA) is 178 Å². The van der Waals surface area contributed by atoms with Crippen LogP contribution in [0.15, 0.2) is 48.7 Å². The molecule has 0 unspecified atom stereocenters. The molecule has 3 N–H and O–H groups in total. The molecule has 228 valence electrons. The fourth-order valence-electron chi connectivity index (χ4n) is 4.60. The average Bonchev–Trinajstić information content (AvgIpc) is 2.94. The number of nitrogens with zero attached hydrogens (tertiary/aromatic N) is 5. The van der Waals surface area contributed by atoms with Crippen LogP contribution in [0.2, 0.25) is 0 Å². The van der Waals surface area contributed by atoms with Gasteiger partial charge in [0.15, 0.2) is 6.20 Å². The van der Waals surface area contributed by atoms with Crippen LogP contribution in [0.4, 0.5) is 0 Å². The fourth-order valence-corrected chi connectivity index (χ4v) is 4.60. The average molecular weight is 588 g/mol. The summed E-state index contributed by atoms with van der Waals surface area (Å²) in [4.78, 5) is 54.0. The van der Waals surface area contributed by atoms with Gasteiger partial charge in [0.05, 0.1) is 31.7 Å². The van der Waals surface area contributed by atoms with Gasteiger partial charge in [0.2, 0.25) is 5.69 Å². The predicted octanol–water partition coefficient (Wildman–Crippen LogP) is -0.348. The highest BCUT2D eigenvalue weighted by atomic mass is 16.5. The van der Waals surface area contributed by atoms with Crippen molar-refractivity contribution in [3.8, 4) is 0 Å². The molecule has 0 radical (unpaired) electrons. The van der Waals surface area contributed by atoms with Crippen LogP contribution in [0.25, 0.3) is 0 Å². The molecule has 0 aliphatic carbocycles. The van der Waals surface area contributed by atoms with Crippen LogP contribution in [0, 0.1) is 5.21 Å². The highest BCUT2D eigenvalue weighted by molar-refractivity contribution is 5.89. The Kier molecular flexibility index (Phi) is 12.6. The maximum Gasteiger partial charge on any atom is 0.338 e. The third-order valence-corrected chi connectivity index (χ3v) is 6.84. The van der Waals surface area contributed by atoms with Gasteiger partial charge in [0.1, 0.15) is 6.61 Å². The zero-order valence-electron chi connectivity index (χ0n) is 23.3. The van der Waals surface area contributed by atoms with Gasteiger partial charge in [-0.15, -0.1) is 0 Å². The molecule has 0 atom stereocenters. The van der Waals surface area contributed by atoms with Crippen molar-refractivity contribution in [1.82, 2.24) is 19.6 Å². The number of carboxylic acid groups (broad SMARTS) is 3.